The third kappa shape index (κ3) is 4.40. The zero-order valence-electron chi connectivity index (χ0n) is 7.63. The van der Waals surface area contributed by atoms with Gasteiger partial charge in [-0.1, -0.05) is 19.8 Å². The first-order valence-corrected chi connectivity index (χ1v) is 5.93. The minimum Gasteiger partial charge on any atom is -0.229 e. The molecule has 0 aliphatic carbocycles. The lowest BCUT2D eigenvalue weighted by Gasteiger charge is -2.05. The minimum atomic E-state index is -2.77. The van der Waals surface area contributed by atoms with Crippen molar-refractivity contribution in [3.8, 4) is 0 Å². The van der Waals surface area contributed by atoms with E-state index in [9.17, 15) is 8.42 Å². The van der Waals surface area contributed by atoms with Crippen molar-refractivity contribution in [3.63, 3.8) is 0 Å². The highest BCUT2D eigenvalue weighted by Gasteiger charge is 2.14. The summed E-state index contributed by atoms with van der Waals surface area (Å²) < 4.78 is 22.4. The van der Waals surface area contributed by atoms with Crippen molar-refractivity contribution in [1.82, 2.24) is 0 Å². The molecule has 3 heteroatoms. The van der Waals surface area contributed by atoms with E-state index in [0.29, 0.717) is 5.75 Å². The van der Waals surface area contributed by atoms with Crippen molar-refractivity contribution >= 4 is 9.84 Å². The first kappa shape index (κ1) is 11.0. The molecule has 0 saturated carbocycles. The highest BCUT2D eigenvalue weighted by atomic mass is 32.2. The van der Waals surface area contributed by atoms with E-state index in [2.05, 4.69) is 6.92 Å². The summed E-state index contributed by atoms with van der Waals surface area (Å²) in [4.78, 5) is 0. The van der Waals surface area contributed by atoms with Crippen LogP contribution in [0.5, 0.6) is 0 Å². The van der Waals surface area contributed by atoms with Gasteiger partial charge in [0, 0.05) is 0 Å². The number of unbranched alkanes of at least 4 members (excludes halogenated alkanes) is 2. The third-order valence-corrected chi connectivity index (χ3v) is 4.04. The second kappa shape index (κ2) is 4.75. The first-order chi connectivity index (χ1) is 5.00. The summed E-state index contributed by atoms with van der Waals surface area (Å²) >= 11 is 0. The first-order valence-electron chi connectivity index (χ1n) is 4.22. The van der Waals surface area contributed by atoms with E-state index < -0.39 is 9.84 Å². The summed E-state index contributed by atoms with van der Waals surface area (Å²) in [5.74, 6) is 0.360. The normalized spacial score (nSPS) is 12.4. The van der Waals surface area contributed by atoms with Gasteiger partial charge in [-0.15, -0.1) is 0 Å². The van der Waals surface area contributed by atoms with Crippen LogP contribution in [0, 0.1) is 0 Å². The van der Waals surface area contributed by atoms with Gasteiger partial charge in [0.15, 0.2) is 9.84 Å². The van der Waals surface area contributed by atoms with Crippen molar-refractivity contribution in [1.29, 1.82) is 0 Å². The maximum atomic E-state index is 11.2. The van der Waals surface area contributed by atoms with Crippen LogP contribution in [-0.2, 0) is 9.84 Å². The number of rotatable bonds is 5. The van der Waals surface area contributed by atoms with Crippen LogP contribution in [-0.4, -0.2) is 19.4 Å². The van der Waals surface area contributed by atoms with Crippen molar-refractivity contribution < 1.29 is 8.42 Å². The average molecular weight is 178 g/mol. The zero-order chi connectivity index (χ0) is 8.91. The molecule has 2 nitrogen and oxygen atoms in total. The Morgan fingerprint density at radius 3 is 2.09 bits per heavy atom. The highest BCUT2D eigenvalue weighted by Crippen LogP contribution is 2.05. The molecule has 0 saturated heterocycles. The molecule has 0 spiro atoms. The number of hydrogen-bond acceptors (Lipinski definition) is 2. The Balaban J connectivity index is 3.75. The van der Waals surface area contributed by atoms with Crippen molar-refractivity contribution in [2.45, 2.75) is 45.3 Å². The van der Waals surface area contributed by atoms with Gasteiger partial charge in [-0.3, -0.25) is 0 Å². The van der Waals surface area contributed by atoms with Crippen LogP contribution in [0.4, 0.5) is 0 Å². The summed E-state index contributed by atoms with van der Waals surface area (Å²) in [6.07, 6.45) is 2.91. The molecule has 0 atom stereocenters. The summed E-state index contributed by atoms with van der Waals surface area (Å²) in [7, 11) is -2.77. The Kier molecular flexibility index (Phi) is 4.73. The van der Waals surface area contributed by atoms with Crippen LogP contribution < -0.4 is 0 Å². The predicted octanol–water partition coefficient (Wildman–Crippen LogP) is 2.00. The zero-order valence-corrected chi connectivity index (χ0v) is 8.45. The Morgan fingerprint density at radius 1 is 1.18 bits per heavy atom. The number of hydrogen-bond donors (Lipinski definition) is 0. The molecule has 0 aromatic carbocycles. The van der Waals surface area contributed by atoms with E-state index in [1.807, 2.05) is 0 Å². The molecule has 11 heavy (non-hydrogen) atoms. The molecule has 0 aliphatic heterocycles. The fourth-order valence-electron chi connectivity index (χ4n) is 0.789. The van der Waals surface area contributed by atoms with Crippen LogP contribution in [0.25, 0.3) is 0 Å². The molecule has 0 radical (unpaired) electrons. The fraction of sp³-hybridized carbons (Fsp3) is 1.00. The topological polar surface area (TPSA) is 34.1 Å². The fourth-order valence-corrected chi connectivity index (χ4v) is 1.87. The van der Waals surface area contributed by atoms with Crippen LogP contribution >= 0.6 is 0 Å². The lowest BCUT2D eigenvalue weighted by molar-refractivity contribution is 0.582. The molecule has 0 aromatic rings. The van der Waals surface area contributed by atoms with Crippen molar-refractivity contribution in [2.75, 3.05) is 5.75 Å². The summed E-state index contributed by atoms with van der Waals surface area (Å²) in [6, 6.07) is 0. The van der Waals surface area contributed by atoms with Gasteiger partial charge < -0.3 is 0 Å². The predicted molar refractivity (Wildman–Crippen MR) is 48.4 cm³/mol. The Labute approximate surface area is 69.9 Å². The molecule has 0 rings (SSSR count). The molecule has 0 bridgehead atoms. The molecule has 0 aliphatic rings. The Bertz CT molecular complexity index is 180. The van der Waals surface area contributed by atoms with Crippen molar-refractivity contribution in [2.24, 2.45) is 0 Å². The molecule has 0 aromatic heterocycles. The molecule has 0 unspecified atom stereocenters. The molecule has 68 valence electrons. The monoisotopic (exact) mass is 178 g/mol. The van der Waals surface area contributed by atoms with E-state index in [1.165, 1.54) is 0 Å². The van der Waals surface area contributed by atoms with Crippen LogP contribution in [0.3, 0.4) is 0 Å². The second-order valence-corrected chi connectivity index (χ2v) is 5.80. The van der Waals surface area contributed by atoms with Gasteiger partial charge in [-0.05, 0) is 20.3 Å². The van der Waals surface area contributed by atoms with Gasteiger partial charge >= 0.3 is 0 Å². The molecule has 0 heterocycles. The summed E-state index contributed by atoms with van der Waals surface area (Å²) in [6.45, 7) is 5.55. The lowest BCUT2D eigenvalue weighted by atomic mass is 10.3. The van der Waals surface area contributed by atoms with E-state index in [-0.39, 0.29) is 5.25 Å². The van der Waals surface area contributed by atoms with Gasteiger partial charge in [0.05, 0.1) is 11.0 Å². The van der Waals surface area contributed by atoms with Gasteiger partial charge in [-0.2, -0.15) is 0 Å². The number of sulfone groups is 1. The quantitative estimate of drug-likeness (QED) is 0.603. The standard InChI is InChI=1S/C8H18O2S/c1-4-5-6-7-11(9,10)8(2)3/h8H,4-7H2,1-3H3. The third-order valence-electron chi connectivity index (χ3n) is 1.75. The van der Waals surface area contributed by atoms with Gasteiger partial charge in [0.25, 0.3) is 0 Å². The van der Waals surface area contributed by atoms with Crippen molar-refractivity contribution in [3.05, 3.63) is 0 Å². The van der Waals surface area contributed by atoms with E-state index >= 15 is 0 Å². The molecule has 0 N–H and O–H groups in total. The van der Waals surface area contributed by atoms with Crippen LogP contribution in [0.15, 0.2) is 0 Å². The van der Waals surface area contributed by atoms with Gasteiger partial charge in [0.1, 0.15) is 0 Å². The summed E-state index contributed by atoms with van der Waals surface area (Å²) in [5.41, 5.74) is 0. The lowest BCUT2D eigenvalue weighted by Crippen LogP contribution is -2.17. The smallest absolute Gasteiger partial charge is 0.152 e. The molecule has 0 fully saturated rings. The SMILES string of the molecule is CCCCCS(=O)(=O)C(C)C. The highest BCUT2D eigenvalue weighted by molar-refractivity contribution is 7.91. The van der Waals surface area contributed by atoms with Gasteiger partial charge in [0.2, 0.25) is 0 Å². The maximum Gasteiger partial charge on any atom is 0.152 e. The maximum absolute atomic E-state index is 11.2. The minimum absolute atomic E-state index is 0.209. The van der Waals surface area contributed by atoms with E-state index in [0.717, 1.165) is 19.3 Å². The second-order valence-electron chi connectivity index (χ2n) is 3.12. The molecular formula is C8H18O2S. The Hall–Kier alpha value is -0.0500. The van der Waals surface area contributed by atoms with Gasteiger partial charge in [-0.25, -0.2) is 8.42 Å². The molecule has 0 amide bonds. The van der Waals surface area contributed by atoms with Crippen LogP contribution in [0.1, 0.15) is 40.0 Å². The largest absolute Gasteiger partial charge is 0.229 e. The average Bonchev–Trinajstić information content (AvgIpc) is 1.88. The van der Waals surface area contributed by atoms with E-state index in [1.54, 1.807) is 13.8 Å². The summed E-state index contributed by atoms with van der Waals surface area (Å²) in [5, 5.41) is -0.209. The molecular weight excluding hydrogens is 160 g/mol. The Morgan fingerprint density at radius 2 is 1.73 bits per heavy atom. The van der Waals surface area contributed by atoms with E-state index in [4.69, 9.17) is 0 Å². The van der Waals surface area contributed by atoms with Crippen LogP contribution in [0.2, 0.25) is 0 Å².